The van der Waals surface area contributed by atoms with E-state index in [0.717, 1.165) is 0 Å². The Labute approximate surface area is 220 Å². The van der Waals surface area contributed by atoms with Gasteiger partial charge in [-0.15, -0.1) is 0 Å². The molecule has 0 radical (unpaired) electrons. The standard InChI is InChI=1S/C26H45N5O6/c1-15(2)14-27-23(34)17(5)29-25(36)19(7)30-24(35)18(6)28-21(32)11-9-8-10-12-31-22(33)13-20(16(3)4)26(31)37/h15-20H,8-14H2,1-7H3,(H,27,34)(H,28,32)(H,29,36)(H,30,35)/t17-,18-,19-,20?/m0/s1. The average Bonchev–Trinajstić information content (AvgIpc) is 3.10. The zero-order valence-corrected chi connectivity index (χ0v) is 23.3. The number of carbonyl (C=O) groups excluding carboxylic acids is 6. The first-order valence-corrected chi connectivity index (χ1v) is 13.3. The summed E-state index contributed by atoms with van der Waals surface area (Å²) < 4.78 is 0. The molecular weight excluding hydrogens is 478 g/mol. The summed E-state index contributed by atoms with van der Waals surface area (Å²) in [6, 6.07) is -2.48. The van der Waals surface area contributed by atoms with Crippen LogP contribution in [0.3, 0.4) is 0 Å². The van der Waals surface area contributed by atoms with Crippen molar-refractivity contribution in [3.63, 3.8) is 0 Å². The molecule has 4 atom stereocenters. The maximum Gasteiger partial charge on any atom is 0.242 e. The molecule has 11 heteroatoms. The molecule has 1 aliphatic heterocycles. The van der Waals surface area contributed by atoms with E-state index in [2.05, 4.69) is 21.3 Å². The van der Waals surface area contributed by atoms with E-state index in [-0.39, 0.29) is 54.2 Å². The van der Waals surface area contributed by atoms with Crippen LogP contribution in [0.15, 0.2) is 0 Å². The van der Waals surface area contributed by atoms with Crippen LogP contribution in [0.1, 0.15) is 80.6 Å². The van der Waals surface area contributed by atoms with Gasteiger partial charge in [0.15, 0.2) is 0 Å². The second-order valence-corrected chi connectivity index (χ2v) is 10.6. The summed E-state index contributed by atoms with van der Waals surface area (Å²) in [5.41, 5.74) is 0. The summed E-state index contributed by atoms with van der Waals surface area (Å²) in [4.78, 5) is 74.7. The van der Waals surface area contributed by atoms with Crippen molar-refractivity contribution in [1.82, 2.24) is 26.2 Å². The predicted molar refractivity (Wildman–Crippen MR) is 139 cm³/mol. The number of hydrogen-bond acceptors (Lipinski definition) is 6. The van der Waals surface area contributed by atoms with Gasteiger partial charge in [0.25, 0.3) is 0 Å². The third-order valence-electron chi connectivity index (χ3n) is 6.33. The minimum atomic E-state index is -0.890. The normalized spacial score (nSPS) is 18.0. The van der Waals surface area contributed by atoms with Crippen molar-refractivity contribution in [3.8, 4) is 0 Å². The fourth-order valence-electron chi connectivity index (χ4n) is 3.84. The lowest BCUT2D eigenvalue weighted by Gasteiger charge is -2.20. The van der Waals surface area contributed by atoms with Crippen LogP contribution in [0, 0.1) is 17.8 Å². The molecule has 0 aliphatic carbocycles. The first kappa shape index (κ1) is 32.0. The smallest absolute Gasteiger partial charge is 0.242 e. The second-order valence-electron chi connectivity index (χ2n) is 10.6. The molecule has 0 aromatic carbocycles. The van der Waals surface area contributed by atoms with E-state index in [9.17, 15) is 28.8 Å². The number of unbranched alkanes of at least 4 members (excludes halogenated alkanes) is 2. The fraction of sp³-hybridized carbons (Fsp3) is 0.769. The van der Waals surface area contributed by atoms with Crippen molar-refractivity contribution in [2.24, 2.45) is 17.8 Å². The first-order valence-electron chi connectivity index (χ1n) is 13.3. The highest BCUT2D eigenvalue weighted by molar-refractivity contribution is 6.03. The molecule has 210 valence electrons. The lowest BCUT2D eigenvalue weighted by atomic mass is 9.94. The first-order chi connectivity index (χ1) is 17.2. The maximum absolute atomic E-state index is 12.4. The molecule has 1 fully saturated rings. The lowest BCUT2D eigenvalue weighted by Crippen LogP contribution is -2.54. The van der Waals surface area contributed by atoms with E-state index in [4.69, 9.17) is 0 Å². The number of likely N-dealkylation sites (tertiary alicyclic amines) is 1. The number of rotatable bonds is 15. The molecule has 1 saturated heterocycles. The molecule has 0 saturated carbocycles. The molecule has 1 rings (SSSR count). The van der Waals surface area contributed by atoms with Gasteiger partial charge in [-0.3, -0.25) is 33.7 Å². The van der Waals surface area contributed by atoms with Gasteiger partial charge in [0, 0.05) is 31.8 Å². The topological polar surface area (TPSA) is 154 Å². The van der Waals surface area contributed by atoms with Crippen LogP contribution in [-0.2, 0) is 28.8 Å². The van der Waals surface area contributed by atoms with Crippen LogP contribution < -0.4 is 21.3 Å². The number of hydrogen-bond donors (Lipinski definition) is 4. The zero-order chi connectivity index (χ0) is 28.3. The Morgan fingerprint density at radius 1 is 0.784 bits per heavy atom. The average molecular weight is 524 g/mol. The van der Waals surface area contributed by atoms with Gasteiger partial charge < -0.3 is 21.3 Å². The summed E-state index contributed by atoms with van der Waals surface area (Å²) in [7, 11) is 0. The molecule has 6 amide bonds. The SMILES string of the molecule is CC(C)CNC(=O)[C@H](C)NC(=O)[C@H](C)NC(=O)[C@H](C)NC(=O)CCCCCN1C(=O)CC(C(C)C)C1=O. The van der Waals surface area contributed by atoms with Crippen molar-refractivity contribution < 1.29 is 28.8 Å². The summed E-state index contributed by atoms with van der Waals surface area (Å²) in [5.74, 6) is -1.69. The van der Waals surface area contributed by atoms with Crippen LogP contribution in [0.4, 0.5) is 0 Å². The van der Waals surface area contributed by atoms with Crippen LogP contribution in [0.2, 0.25) is 0 Å². The summed E-state index contributed by atoms with van der Waals surface area (Å²) in [5, 5.41) is 10.4. The van der Waals surface area contributed by atoms with Gasteiger partial charge in [0.2, 0.25) is 35.4 Å². The van der Waals surface area contributed by atoms with Crippen LogP contribution >= 0.6 is 0 Å². The van der Waals surface area contributed by atoms with Crippen molar-refractivity contribution in [1.29, 1.82) is 0 Å². The molecule has 1 unspecified atom stereocenters. The molecular formula is C26H45N5O6. The summed E-state index contributed by atoms with van der Waals surface area (Å²) in [6.45, 7) is 13.2. The molecule has 0 aromatic rings. The zero-order valence-electron chi connectivity index (χ0n) is 23.3. The Morgan fingerprint density at radius 2 is 1.32 bits per heavy atom. The molecule has 37 heavy (non-hydrogen) atoms. The number of amides is 6. The third-order valence-corrected chi connectivity index (χ3v) is 6.33. The highest BCUT2D eigenvalue weighted by Crippen LogP contribution is 2.26. The predicted octanol–water partition coefficient (Wildman–Crippen LogP) is 0.864. The number of nitrogens with zero attached hydrogens (tertiary/aromatic N) is 1. The molecule has 1 heterocycles. The Balaban J connectivity index is 2.30. The van der Waals surface area contributed by atoms with Crippen LogP contribution in [0.5, 0.6) is 0 Å². The molecule has 11 nitrogen and oxygen atoms in total. The molecule has 1 aliphatic rings. The van der Waals surface area contributed by atoms with Crippen LogP contribution in [-0.4, -0.2) is 71.6 Å². The van der Waals surface area contributed by atoms with Crippen molar-refractivity contribution in [3.05, 3.63) is 0 Å². The van der Waals surface area contributed by atoms with Crippen molar-refractivity contribution in [2.45, 2.75) is 98.7 Å². The van der Waals surface area contributed by atoms with Crippen LogP contribution in [0.25, 0.3) is 0 Å². The largest absolute Gasteiger partial charge is 0.354 e. The number of imide groups is 1. The molecule has 4 N–H and O–H groups in total. The monoisotopic (exact) mass is 523 g/mol. The Bertz CT molecular complexity index is 843. The highest BCUT2D eigenvalue weighted by Gasteiger charge is 2.39. The van der Waals surface area contributed by atoms with Gasteiger partial charge in [-0.2, -0.15) is 0 Å². The van der Waals surface area contributed by atoms with E-state index >= 15 is 0 Å². The molecule has 0 bridgehead atoms. The van der Waals surface area contributed by atoms with Gasteiger partial charge in [-0.25, -0.2) is 0 Å². The van der Waals surface area contributed by atoms with E-state index in [1.807, 2.05) is 27.7 Å². The summed E-state index contributed by atoms with van der Waals surface area (Å²) in [6.07, 6.45) is 2.31. The number of carbonyl (C=O) groups is 6. The van der Waals surface area contributed by atoms with Gasteiger partial charge in [0.05, 0.1) is 0 Å². The van der Waals surface area contributed by atoms with Crippen molar-refractivity contribution in [2.75, 3.05) is 13.1 Å². The van der Waals surface area contributed by atoms with E-state index in [1.165, 1.54) is 18.7 Å². The minimum absolute atomic E-state index is 0.107. The second kappa shape index (κ2) is 15.3. The lowest BCUT2D eigenvalue weighted by molar-refractivity contribution is -0.140. The maximum atomic E-state index is 12.4. The van der Waals surface area contributed by atoms with Gasteiger partial charge in [-0.1, -0.05) is 34.1 Å². The third kappa shape index (κ3) is 10.9. The van der Waals surface area contributed by atoms with E-state index < -0.39 is 29.9 Å². The summed E-state index contributed by atoms with van der Waals surface area (Å²) >= 11 is 0. The van der Waals surface area contributed by atoms with E-state index in [1.54, 1.807) is 6.92 Å². The number of nitrogens with one attached hydrogen (secondary N) is 4. The Hall–Kier alpha value is -2.98. The molecule has 0 spiro atoms. The van der Waals surface area contributed by atoms with Gasteiger partial charge >= 0.3 is 0 Å². The Morgan fingerprint density at radius 3 is 1.84 bits per heavy atom. The highest BCUT2D eigenvalue weighted by atomic mass is 16.2. The van der Waals surface area contributed by atoms with Gasteiger partial charge in [-0.05, 0) is 45.4 Å². The fourth-order valence-corrected chi connectivity index (χ4v) is 3.84. The quantitative estimate of drug-likeness (QED) is 0.184. The minimum Gasteiger partial charge on any atom is -0.354 e. The van der Waals surface area contributed by atoms with Crippen molar-refractivity contribution >= 4 is 35.4 Å². The molecule has 0 aromatic heterocycles. The van der Waals surface area contributed by atoms with E-state index in [0.29, 0.717) is 32.4 Å². The van der Waals surface area contributed by atoms with Gasteiger partial charge in [0.1, 0.15) is 18.1 Å². The Kier molecular flexibility index (Phi) is 13.3.